The van der Waals surface area contributed by atoms with E-state index >= 15 is 0 Å². The molecule has 0 saturated carbocycles. The Hall–Kier alpha value is -2.70. The Morgan fingerprint density at radius 3 is 2.76 bits per heavy atom. The second-order valence-corrected chi connectivity index (χ2v) is 6.38. The Balaban J connectivity index is 1.64. The van der Waals surface area contributed by atoms with Gasteiger partial charge in [0.2, 0.25) is 11.8 Å². The summed E-state index contributed by atoms with van der Waals surface area (Å²) in [6.45, 7) is 1.07. The van der Waals surface area contributed by atoms with Crippen LogP contribution in [0.3, 0.4) is 0 Å². The predicted octanol–water partition coefficient (Wildman–Crippen LogP) is 1.06. The van der Waals surface area contributed by atoms with Crippen molar-refractivity contribution >= 4 is 11.8 Å². The molecule has 3 rings (SSSR count). The van der Waals surface area contributed by atoms with Crippen LogP contribution in [-0.4, -0.2) is 44.1 Å². The van der Waals surface area contributed by atoms with Gasteiger partial charge in [-0.25, -0.2) is 0 Å². The number of rotatable bonds is 7. The molecule has 2 amide bonds. The van der Waals surface area contributed by atoms with E-state index in [0.717, 1.165) is 17.7 Å². The average molecular weight is 341 g/mol. The molecule has 0 bridgehead atoms. The van der Waals surface area contributed by atoms with Gasteiger partial charge in [-0.1, -0.05) is 0 Å². The summed E-state index contributed by atoms with van der Waals surface area (Å²) in [5.74, 6) is 0.148. The number of hydrogen-bond acceptors (Lipinski definition) is 4. The molecule has 7 nitrogen and oxygen atoms in total. The van der Waals surface area contributed by atoms with Gasteiger partial charge in [-0.15, -0.1) is 0 Å². The lowest BCUT2D eigenvalue weighted by molar-refractivity contribution is -0.132. The minimum atomic E-state index is 0.0370. The summed E-state index contributed by atoms with van der Waals surface area (Å²) in [5, 5.41) is 7.08. The molecule has 2 aromatic rings. The van der Waals surface area contributed by atoms with Crippen molar-refractivity contribution in [2.75, 3.05) is 6.54 Å². The Morgan fingerprint density at radius 2 is 2.12 bits per heavy atom. The molecule has 132 valence electrons. The van der Waals surface area contributed by atoms with Crippen molar-refractivity contribution in [3.8, 4) is 0 Å². The number of aromatic nitrogens is 3. The molecule has 0 aromatic carbocycles. The van der Waals surface area contributed by atoms with E-state index in [0.29, 0.717) is 32.4 Å². The third kappa shape index (κ3) is 4.65. The SMILES string of the molecule is Cn1nccc1CCC(=O)N(Cc1ccncc1)C[C@@H]1CCC(=O)N1. The molecule has 0 radical (unpaired) electrons. The Labute approximate surface area is 147 Å². The number of nitrogens with zero attached hydrogens (tertiary/aromatic N) is 4. The van der Waals surface area contributed by atoms with E-state index in [1.165, 1.54) is 0 Å². The first-order chi connectivity index (χ1) is 12.1. The quantitative estimate of drug-likeness (QED) is 0.816. The molecule has 1 saturated heterocycles. The van der Waals surface area contributed by atoms with Crippen molar-refractivity contribution in [3.63, 3.8) is 0 Å². The summed E-state index contributed by atoms with van der Waals surface area (Å²) in [6, 6.07) is 5.79. The Kier molecular flexibility index (Phi) is 5.42. The first-order valence-corrected chi connectivity index (χ1v) is 8.55. The molecule has 1 fully saturated rings. The van der Waals surface area contributed by atoms with E-state index in [1.807, 2.05) is 30.1 Å². The summed E-state index contributed by atoms with van der Waals surface area (Å²) in [4.78, 5) is 30.1. The van der Waals surface area contributed by atoms with Gasteiger partial charge in [0.25, 0.3) is 0 Å². The highest BCUT2D eigenvalue weighted by atomic mass is 16.2. The lowest BCUT2D eigenvalue weighted by Crippen LogP contribution is -2.41. The van der Waals surface area contributed by atoms with Crippen LogP contribution >= 0.6 is 0 Å². The fraction of sp³-hybridized carbons (Fsp3) is 0.444. The fourth-order valence-corrected chi connectivity index (χ4v) is 3.08. The van der Waals surface area contributed by atoms with Crippen molar-refractivity contribution in [2.45, 2.75) is 38.3 Å². The molecule has 25 heavy (non-hydrogen) atoms. The normalized spacial score (nSPS) is 16.7. The topological polar surface area (TPSA) is 80.1 Å². The van der Waals surface area contributed by atoms with Gasteiger partial charge in [-0.2, -0.15) is 5.10 Å². The molecular weight excluding hydrogens is 318 g/mol. The molecule has 1 atom stereocenters. The van der Waals surface area contributed by atoms with Crippen LogP contribution in [0.25, 0.3) is 0 Å². The molecule has 1 N–H and O–H groups in total. The lowest BCUT2D eigenvalue weighted by atomic mass is 10.1. The first kappa shape index (κ1) is 17.1. The van der Waals surface area contributed by atoms with Crippen LogP contribution < -0.4 is 5.32 Å². The molecule has 7 heteroatoms. The van der Waals surface area contributed by atoms with Gasteiger partial charge in [0.05, 0.1) is 0 Å². The number of amides is 2. The maximum absolute atomic E-state index is 12.8. The number of hydrogen-bond donors (Lipinski definition) is 1. The molecule has 2 aromatic heterocycles. The van der Waals surface area contributed by atoms with Crippen molar-refractivity contribution < 1.29 is 9.59 Å². The van der Waals surface area contributed by atoms with Crippen LogP contribution in [-0.2, 0) is 29.6 Å². The van der Waals surface area contributed by atoms with E-state index in [4.69, 9.17) is 0 Å². The van der Waals surface area contributed by atoms with Gasteiger partial charge in [0.15, 0.2) is 0 Å². The van der Waals surface area contributed by atoms with Gasteiger partial charge >= 0.3 is 0 Å². The van der Waals surface area contributed by atoms with E-state index in [1.54, 1.807) is 23.3 Å². The van der Waals surface area contributed by atoms with E-state index < -0.39 is 0 Å². The number of aryl methyl sites for hydroxylation is 2. The van der Waals surface area contributed by atoms with Crippen LogP contribution in [0, 0.1) is 0 Å². The number of nitrogens with one attached hydrogen (secondary N) is 1. The minimum Gasteiger partial charge on any atom is -0.352 e. The molecule has 0 spiro atoms. The zero-order valence-electron chi connectivity index (χ0n) is 14.4. The lowest BCUT2D eigenvalue weighted by Gasteiger charge is -2.26. The van der Waals surface area contributed by atoms with Gasteiger partial charge in [0.1, 0.15) is 0 Å². The van der Waals surface area contributed by atoms with Crippen molar-refractivity contribution in [2.24, 2.45) is 7.05 Å². The van der Waals surface area contributed by atoms with Gasteiger partial charge in [-0.3, -0.25) is 19.3 Å². The fourth-order valence-electron chi connectivity index (χ4n) is 3.08. The summed E-state index contributed by atoms with van der Waals surface area (Å²) < 4.78 is 1.79. The Bertz CT molecular complexity index is 728. The van der Waals surface area contributed by atoms with Crippen molar-refractivity contribution in [1.29, 1.82) is 0 Å². The first-order valence-electron chi connectivity index (χ1n) is 8.55. The highest BCUT2D eigenvalue weighted by molar-refractivity contribution is 5.79. The van der Waals surface area contributed by atoms with Crippen LogP contribution in [0.1, 0.15) is 30.5 Å². The zero-order valence-corrected chi connectivity index (χ0v) is 14.4. The average Bonchev–Trinajstić information content (AvgIpc) is 3.21. The van der Waals surface area contributed by atoms with E-state index in [-0.39, 0.29) is 17.9 Å². The molecule has 0 aliphatic carbocycles. The van der Waals surface area contributed by atoms with Crippen LogP contribution in [0.2, 0.25) is 0 Å². The number of carbonyl (C=O) groups is 2. The Morgan fingerprint density at radius 1 is 1.32 bits per heavy atom. The smallest absolute Gasteiger partial charge is 0.223 e. The zero-order chi connectivity index (χ0) is 17.6. The number of carbonyl (C=O) groups excluding carboxylic acids is 2. The van der Waals surface area contributed by atoms with E-state index in [9.17, 15) is 9.59 Å². The van der Waals surface area contributed by atoms with Crippen LogP contribution in [0.5, 0.6) is 0 Å². The summed E-state index contributed by atoms with van der Waals surface area (Å²) in [5.41, 5.74) is 2.07. The van der Waals surface area contributed by atoms with Crippen molar-refractivity contribution in [3.05, 3.63) is 48.0 Å². The van der Waals surface area contributed by atoms with Crippen LogP contribution in [0.4, 0.5) is 0 Å². The maximum Gasteiger partial charge on any atom is 0.223 e. The molecule has 1 aliphatic rings. The molecular formula is C18H23N5O2. The minimum absolute atomic E-state index is 0.0370. The van der Waals surface area contributed by atoms with E-state index in [2.05, 4.69) is 15.4 Å². The van der Waals surface area contributed by atoms with Gasteiger partial charge in [0, 0.05) is 63.3 Å². The third-order valence-corrected chi connectivity index (χ3v) is 4.52. The number of pyridine rings is 1. The highest BCUT2D eigenvalue weighted by Crippen LogP contribution is 2.13. The van der Waals surface area contributed by atoms with Crippen LogP contribution in [0.15, 0.2) is 36.8 Å². The van der Waals surface area contributed by atoms with Crippen molar-refractivity contribution in [1.82, 2.24) is 25.0 Å². The van der Waals surface area contributed by atoms with Gasteiger partial charge in [-0.05, 0) is 36.6 Å². The monoisotopic (exact) mass is 341 g/mol. The highest BCUT2D eigenvalue weighted by Gasteiger charge is 2.25. The summed E-state index contributed by atoms with van der Waals surface area (Å²) in [6.07, 6.45) is 7.58. The molecule has 0 unspecified atom stereocenters. The standard InChI is InChI=1S/C18H23N5O2/c1-22-16(8-11-20-22)3-5-18(25)23(12-14-6-9-19-10-7-14)13-15-2-4-17(24)21-15/h6-11,15H,2-5,12-13H2,1H3,(H,21,24)/t15-/m0/s1. The molecule has 3 heterocycles. The van der Waals surface area contributed by atoms with Gasteiger partial charge < -0.3 is 10.2 Å². The third-order valence-electron chi connectivity index (χ3n) is 4.52. The predicted molar refractivity (Wildman–Crippen MR) is 92.3 cm³/mol. The second kappa shape index (κ2) is 7.92. The summed E-state index contributed by atoms with van der Waals surface area (Å²) >= 11 is 0. The maximum atomic E-state index is 12.8. The summed E-state index contributed by atoms with van der Waals surface area (Å²) in [7, 11) is 1.88. The molecule has 1 aliphatic heterocycles. The largest absolute Gasteiger partial charge is 0.352 e. The second-order valence-electron chi connectivity index (χ2n) is 6.38.